The van der Waals surface area contributed by atoms with Gasteiger partial charge in [-0.3, -0.25) is 9.36 Å². The molecule has 0 aliphatic carbocycles. The van der Waals surface area contributed by atoms with Crippen LogP contribution in [0, 0.1) is 0 Å². The van der Waals surface area contributed by atoms with E-state index in [0.717, 1.165) is 5.56 Å². The van der Waals surface area contributed by atoms with Gasteiger partial charge in [0.15, 0.2) is 5.65 Å². The van der Waals surface area contributed by atoms with E-state index in [-0.39, 0.29) is 12.1 Å². The van der Waals surface area contributed by atoms with Crippen LogP contribution in [-0.4, -0.2) is 28.3 Å². The van der Waals surface area contributed by atoms with Crippen LogP contribution < -0.4 is 20.7 Å². The summed E-state index contributed by atoms with van der Waals surface area (Å²) >= 11 is 0. The molecule has 7 heteroatoms. The molecule has 0 aliphatic heterocycles. The minimum Gasteiger partial charge on any atom is -0.497 e. The van der Waals surface area contributed by atoms with Crippen molar-refractivity contribution in [1.29, 1.82) is 0 Å². The first-order valence-electron chi connectivity index (χ1n) is 9.00. The number of benzene rings is 2. The summed E-state index contributed by atoms with van der Waals surface area (Å²) in [4.78, 5) is 30.7. The van der Waals surface area contributed by atoms with E-state index < -0.39 is 5.69 Å². The van der Waals surface area contributed by atoms with Crippen molar-refractivity contribution in [2.45, 2.75) is 6.54 Å². The molecule has 2 aromatic carbocycles. The number of nitrogens with zero attached hydrogens (tertiary/aromatic N) is 3. The highest BCUT2D eigenvalue weighted by Gasteiger charge is 2.16. The Kier molecular flexibility index (Phi) is 4.87. The van der Waals surface area contributed by atoms with Gasteiger partial charge in [0.2, 0.25) is 0 Å². The van der Waals surface area contributed by atoms with E-state index in [1.165, 1.54) is 9.13 Å². The molecule has 0 spiro atoms. The fraction of sp³-hybridized carbons (Fsp3) is 0.136. The number of fused-ring (bicyclic) bond motifs is 1. The van der Waals surface area contributed by atoms with E-state index in [0.29, 0.717) is 28.2 Å². The normalized spacial score (nSPS) is 10.8. The first kappa shape index (κ1) is 18.5. The summed E-state index contributed by atoms with van der Waals surface area (Å²) in [7, 11) is 3.15. The number of rotatable bonds is 5. The van der Waals surface area contributed by atoms with Crippen molar-refractivity contribution in [3.8, 4) is 17.2 Å². The fourth-order valence-corrected chi connectivity index (χ4v) is 3.24. The first-order valence-corrected chi connectivity index (χ1v) is 9.00. The van der Waals surface area contributed by atoms with Crippen LogP contribution in [0.3, 0.4) is 0 Å². The average Bonchev–Trinajstić information content (AvgIpc) is 2.77. The van der Waals surface area contributed by atoms with Crippen molar-refractivity contribution < 1.29 is 9.47 Å². The molecule has 0 atom stereocenters. The van der Waals surface area contributed by atoms with Gasteiger partial charge in [0, 0.05) is 6.20 Å². The number of pyridine rings is 1. The van der Waals surface area contributed by atoms with Gasteiger partial charge in [-0.1, -0.05) is 12.1 Å². The smallest absolute Gasteiger partial charge is 0.337 e. The molecule has 7 nitrogen and oxygen atoms in total. The zero-order valence-corrected chi connectivity index (χ0v) is 16.0. The zero-order chi connectivity index (χ0) is 20.4. The van der Waals surface area contributed by atoms with Crippen molar-refractivity contribution in [3.05, 3.63) is 93.3 Å². The van der Waals surface area contributed by atoms with E-state index in [1.807, 2.05) is 18.2 Å². The lowest BCUT2D eigenvalue weighted by Gasteiger charge is -2.14. The van der Waals surface area contributed by atoms with Crippen LogP contribution in [0.2, 0.25) is 0 Å². The van der Waals surface area contributed by atoms with E-state index >= 15 is 0 Å². The quantitative estimate of drug-likeness (QED) is 0.525. The molecule has 0 saturated carbocycles. The second-order valence-corrected chi connectivity index (χ2v) is 6.43. The van der Waals surface area contributed by atoms with Gasteiger partial charge in [0.05, 0.1) is 31.8 Å². The second kappa shape index (κ2) is 7.63. The summed E-state index contributed by atoms with van der Waals surface area (Å²) in [6.45, 7) is 0.121. The molecule has 0 saturated heterocycles. The predicted molar refractivity (Wildman–Crippen MR) is 110 cm³/mol. The largest absolute Gasteiger partial charge is 0.497 e. The van der Waals surface area contributed by atoms with Gasteiger partial charge in [0.1, 0.15) is 11.5 Å². The molecule has 2 aromatic heterocycles. The summed E-state index contributed by atoms with van der Waals surface area (Å²) in [5, 5.41) is 0.366. The summed E-state index contributed by atoms with van der Waals surface area (Å²) in [6, 6.07) is 17.7. The van der Waals surface area contributed by atoms with Crippen LogP contribution in [0.25, 0.3) is 16.7 Å². The van der Waals surface area contributed by atoms with Gasteiger partial charge < -0.3 is 9.47 Å². The number of methoxy groups -OCH3 is 2. The molecular weight excluding hydrogens is 370 g/mol. The van der Waals surface area contributed by atoms with E-state index in [1.54, 1.807) is 62.9 Å². The molecule has 4 aromatic rings. The maximum Gasteiger partial charge on any atom is 0.337 e. The summed E-state index contributed by atoms with van der Waals surface area (Å²) < 4.78 is 13.1. The van der Waals surface area contributed by atoms with Crippen LogP contribution in [0.1, 0.15) is 5.56 Å². The van der Waals surface area contributed by atoms with E-state index in [4.69, 9.17) is 9.47 Å². The minimum atomic E-state index is -0.464. The average molecular weight is 389 g/mol. The van der Waals surface area contributed by atoms with Crippen LogP contribution in [-0.2, 0) is 6.54 Å². The van der Waals surface area contributed by atoms with Crippen LogP contribution in [0.4, 0.5) is 0 Å². The predicted octanol–water partition coefficient (Wildman–Crippen LogP) is 2.61. The third kappa shape index (κ3) is 3.38. The first-order chi connectivity index (χ1) is 14.1. The Balaban J connectivity index is 1.95. The molecule has 29 heavy (non-hydrogen) atoms. The van der Waals surface area contributed by atoms with Crippen molar-refractivity contribution in [2.24, 2.45) is 0 Å². The highest BCUT2D eigenvalue weighted by molar-refractivity contribution is 5.75. The lowest BCUT2D eigenvalue weighted by atomic mass is 10.2. The molecular formula is C22H19N3O4. The second-order valence-electron chi connectivity index (χ2n) is 6.43. The molecule has 2 heterocycles. The number of hydrogen-bond donors (Lipinski definition) is 0. The third-order valence-corrected chi connectivity index (χ3v) is 4.70. The lowest BCUT2D eigenvalue weighted by Crippen LogP contribution is -2.40. The van der Waals surface area contributed by atoms with Crippen LogP contribution in [0.15, 0.2) is 76.4 Å². The summed E-state index contributed by atoms with van der Waals surface area (Å²) in [5.74, 6) is 1.33. The Hall–Kier alpha value is -3.87. The molecule has 4 rings (SSSR count). The van der Waals surface area contributed by atoms with Crippen LogP contribution >= 0.6 is 0 Å². The van der Waals surface area contributed by atoms with Gasteiger partial charge in [-0.25, -0.2) is 14.3 Å². The molecule has 0 bridgehead atoms. The zero-order valence-electron chi connectivity index (χ0n) is 16.0. The molecule has 0 radical (unpaired) electrons. The van der Waals surface area contributed by atoms with Crippen molar-refractivity contribution >= 4 is 11.0 Å². The van der Waals surface area contributed by atoms with Gasteiger partial charge in [-0.15, -0.1) is 0 Å². The maximum absolute atomic E-state index is 13.3. The van der Waals surface area contributed by atoms with Crippen LogP contribution in [0.5, 0.6) is 11.5 Å². The number of ether oxygens (including phenoxy) is 2. The molecule has 146 valence electrons. The maximum atomic E-state index is 13.3. The Morgan fingerprint density at radius 2 is 1.66 bits per heavy atom. The van der Waals surface area contributed by atoms with Gasteiger partial charge >= 0.3 is 5.69 Å². The summed E-state index contributed by atoms with van der Waals surface area (Å²) in [5.41, 5.74) is 0.849. The van der Waals surface area contributed by atoms with Crippen molar-refractivity contribution in [1.82, 2.24) is 14.1 Å². The third-order valence-electron chi connectivity index (χ3n) is 4.70. The molecule has 0 unspecified atom stereocenters. The number of aromatic nitrogens is 3. The molecule has 0 fully saturated rings. The highest BCUT2D eigenvalue weighted by atomic mass is 16.5. The van der Waals surface area contributed by atoms with Gasteiger partial charge in [-0.05, 0) is 54.1 Å². The lowest BCUT2D eigenvalue weighted by molar-refractivity contribution is 0.414. The van der Waals surface area contributed by atoms with Gasteiger partial charge in [0.25, 0.3) is 5.56 Å². The SMILES string of the molecule is COc1ccc(-n2c(=O)n(Cc3cccc(OC)c3)c(=O)c3cccnc32)cc1. The molecule has 0 aliphatic rings. The summed E-state index contributed by atoms with van der Waals surface area (Å²) in [6.07, 6.45) is 1.56. The Bertz CT molecular complexity index is 1290. The standard InChI is InChI=1S/C22H19N3O4/c1-28-17-10-8-16(9-11-17)25-20-19(7-4-12-23-20)21(26)24(22(25)27)14-15-5-3-6-18(13-15)29-2/h3-13H,14H2,1-2H3. The van der Waals surface area contributed by atoms with E-state index in [9.17, 15) is 9.59 Å². The number of hydrogen-bond acceptors (Lipinski definition) is 5. The van der Waals surface area contributed by atoms with Crippen molar-refractivity contribution in [3.63, 3.8) is 0 Å². The Morgan fingerprint density at radius 1 is 0.897 bits per heavy atom. The molecule has 0 N–H and O–H groups in total. The highest BCUT2D eigenvalue weighted by Crippen LogP contribution is 2.17. The van der Waals surface area contributed by atoms with Gasteiger partial charge in [-0.2, -0.15) is 0 Å². The Morgan fingerprint density at radius 3 is 2.38 bits per heavy atom. The van der Waals surface area contributed by atoms with E-state index in [2.05, 4.69) is 4.98 Å². The molecule has 0 amide bonds. The monoisotopic (exact) mass is 389 g/mol. The Labute approximate surface area is 166 Å². The van der Waals surface area contributed by atoms with Crippen molar-refractivity contribution in [2.75, 3.05) is 14.2 Å². The minimum absolute atomic E-state index is 0.121. The fourth-order valence-electron chi connectivity index (χ4n) is 3.24. The topological polar surface area (TPSA) is 75.3 Å².